The highest BCUT2D eigenvalue weighted by Crippen LogP contribution is 2.63. The Bertz CT molecular complexity index is 703. The molecule has 6 heteroatoms. The molecular formula is C20H23ClF3NO. The van der Waals surface area contributed by atoms with Crippen LogP contribution >= 0.6 is 11.6 Å². The highest BCUT2D eigenvalue weighted by molar-refractivity contribution is 6.24. The average molecular weight is 386 g/mol. The molecule has 0 saturated heterocycles. The second kappa shape index (κ2) is 6.15. The lowest BCUT2D eigenvalue weighted by Crippen LogP contribution is -2.58. The van der Waals surface area contributed by atoms with Gasteiger partial charge in [-0.3, -0.25) is 4.79 Å². The number of halogens is 4. The third kappa shape index (κ3) is 3.23. The molecule has 1 aromatic rings. The molecule has 2 nitrogen and oxygen atoms in total. The summed E-state index contributed by atoms with van der Waals surface area (Å²) in [6.45, 7) is 0.221. The molecular weight excluding hydrogens is 363 g/mol. The number of carbonyl (C=O) groups excluding carboxylic acids is 1. The minimum Gasteiger partial charge on any atom is -0.355 e. The Kier molecular flexibility index (Phi) is 4.29. The highest BCUT2D eigenvalue weighted by Gasteiger charge is 2.59. The van der Waals surface area contributed by atoms with Crippen LogP contribution in [-0.4, -0.2) is 17.3 Å². The van der Waals surface area contributed by atoms with E-state index in [0.29, 0.717) is 18.3 Å². The summed E-state index contributed by atoms with van der Waals surface area (Å²) in [7, 11) is 0. The van der Waals surface area contributed by atoms with Gasteiger partial charge in [0.15, 0.2) is 0 Å². The van der Waals surface area contributed by atoms with Crippen molar-refractivity contribution in [2.75, 3.05) is 6.54 Å². The van der Waals surface area contributed by atoms with Gasteiger partial charge in [-0.25, -0.2) is 0 Å². The van der Waals surface area contributed by atoms with Crippen LogP contribution in [0.1, 0.15) is 49.7 Å². The first kappa shape index (κ1) is 18.1. The lowest BCUT2D eigenvalue weighted by Gasteiger charge is -2.59. The van der Waals surface area contributed by atoms with Crippen LogP contribution in [0, 0.1) is 17.3 Å². The lowest BCUT2D eigenvalue weighted by atomic mass is 9.49. The van der Waals surface area contributed by atoms with Crippen molar-refractivity contribution in [3.63, 3.8) is 0 Å². The third-order valence-electron chi connectivity index (χ3n) is 6.47. The van der Waals surface area contributed by atoms with Crippen molar-refractivity contribution in [1.82, 2.24) is 5.32 Å². The zero-order valence-corrected chi connectivity index (χ0v) is 15.3. The number of carbonyl (C=O) groups is 1. The smallest absolute Gasteiger partial charge is 0.355 e. The summed E-state index contributed by atoms with van der Waals surface area (Å²) >= 11 is 6.76. The summed E-state index contributed by atoms with van der Waals surface area (Å²) in [5.41, 5.74) is -0.807. The molecule has 4 bridgehead atoms. The van der Waals surface area contributed by atoms with E-state index in [-0.39, 0.29) is 29.3 Å². The molecule has 1 aromatic carbocycles. The maximum Gasteiger partial charge on any atom is 0.416 e. The second-order valence-corrected chi connectivity index (χ2v) is 9.35. The summed E-state index contributed by atoms with van der Waals surface area (Å²) in [5, 5.41) is 2.92. The SMILES string of the molecule is O=C(NCCc1ccccc1C(F)(F)F)C12C[C@H]3C[C@@H](CC(Cl)(C3)C1)C2. The fraction of sp³-hybridized carbons (Fsp3) is 0.650. The van der Waals surface area contributed by atoms with Gasteiger partial charge < -0.3 is 5.32 Å². The summed E-state index contributed by atoms with van der Waals surface area (Å²) in [6, 6.07) is 5.56. The van der Waals surface area contributed by atoms with Crippen LogP contribution in [0.5, 0.6) is 0 Å². The number of hydrogen-bond donors (Lipinski definition) is 1. The Morgan fingerprint density at radius 3 is 2.42 bits per heavy atom. The molecule has 0 aliphatic heterocycles. The summed E-state index contributed by atoms with van der Waals surface area (Å²) in [5.74, 6) is 1.03. The van der Waals surface area contributed by atoms with Gasteiger partial charge in [-0.05, 0) is 68.4 Å². The molecule has 4 aliphatic rings. The lowest BCUT2D eigenvalue weighted by molar-refractivity contribution is -0.144. The van der Waals surface area contributed by atoms with Crippen molar-refractivity contribution in [3.05, 3.63) is 35.4 Å². The van der Waals surface area contributed by atoms with Crippen LogP contribution in [0.25, 0.3) is 0 Å². The minimum absolute atomic E-state index is 0.0129. The van der Waals surface area contributed by atoms with Crippen molar-refractivity contribution in [1.29, 1.82) is 0 Å². The van der Waals surface area contributed by atoms with E-state index in [0.717, 1.165) is 31.7 Å². The minimum atomic E-state index is -4.37. The Balaban J connectivity index is 1.41. The van der Waals surface area contributed by atoms with E-state index in [9.17, 15) is 18.0 Å². The molecule has 0 spiro atoms. The summed E-state index contributed by atoms with van der Waals surface area (Å²) < 4.78 is 39.2. The quantitative estimate of drug-likeness (QED) is 0.730. The topological polar surface area (TPSA) is 29.1 Å². The van der Waals surface area contributed by atoms with Crippen molar-refractivity contribution in [3.8, 4) is 0 Å². The van der Waals surface area contributed by atoms with E-state index < -0.39 is 17.2 Å². The molecule has 26 heavy (non-hydrogen) atoms. The molecule has 2 atom stereocenters. The normalized spacial score (nSPS) is 35.5. The Labute approximate surface area is 156 Å². The number of amides is 1. The monoisotopic (exact) mass is 385 g/mol. The van der Waals surface area contributed by atoms with Gasteiger partial charge in [0.25, 0.3) is 0 Å². The van der Waals surface area contributed by atoms with Crippen molar-refractivity contribution >= 4 is 17.5 Å². The van der Waals surface area contributed by atoms with Crippen molar-refractivity contribution < 1.29 is 18.0 Å². The first-order chi connectivity index (χ1) is 12.2. The molecule has 0 heterocycles. The number of nitrogens with one attached hydrogen (secondary N) is 1. The molecule has 1 N–H and O–H groups in total. The number of hydrogen-bond acceptors (Lipinski definition) is 1. The van der Waals surface area contributed by atoms with Gasteiger partial charge in [-0.1, -0.05) is 18.2 Å². The molecule has 4 saturated carbocycles. The van der Waals surface area contributed by atoms with Gasteiger partial charge in [-0.2, -0.15) is 13.2 Å². The first-order valence-electron chi connectivity index (χ1n) is 9.32. The standard InChI is InChI=1S/C20H23ClF3NO/c21-19-10-13-7-14(11-19)9-18(8-13,12-19)17(26)25-6-5-15-3-1-2-4-16(15)20(22,23)24/h1-4,13-14H,5-12H2,(H,25,26)/t13-,14-,18?,19?/m1/s1. The van der Waals surface area contributed by atoms with Gasteiger partial charge >= 0.3 is 6.18 Å². The van der Waals surface area contributed by atoms with Crippen LogP contribution in [-0.2, 0) is 17.4 Å². The maximum atomic E-state index is 13.1. The number of benzene rings is 1. The Hall–Kier alpha value is -1.23. The molecule has 1 amide bonds. The van der Waals surface area contributed by atoms with Crippen molar-refractivity contribution in [2.24, 2.45) is 17.3 Å². The maximum absolute atomic E-state index is 13.1. The van der Waals surface area contributed by atoms with Crippen LogP contribution < -0.4 is 5.32 Å². The fourth-order valence-electron chi connectivity index (χ4n) is 5.93. The van der Waals surface area contributed by atoms with Crippen LogP contribution in [0.15, 0.2) is 24.3 Å². The highest BCUT2D eigenvalue weighted by atomic mass is 35.5. The average Bonchev–Trinajstić information content (AvgIpc) is 2.52. The van der Waals surface area contributed by atoms with Gasteiger partial charge in [0.1, 0.15) is 0 Å². The molecule has 5 rings (SSSR count). The summed E-state index contributed by atoms with van der Waals surface area (Å²) in [4.78, 5) is 12.7. The van der Waals surface area contributed by atoms with E-state index >= 15 is 0 Å². The zero-order valence-electron chi connectivity index (χ0n) is 14.5. The van der Waals surface area contributed by atoms with Gasteiger partial charge in [0, 0.05) is 11.4 Å². The van der Waals surface area contributed by atoms with Crippen LogP contribution in [0.4, 0.5) is 13.2 Å². The Morgan fingerprint density at radius 1 is 1.15 bits per heavy atom. The van der Waals surface area contributed by atoms with Gasteiger partial charge in [-0.15, -0.1) is 11.6 Å². The predicted molar refractivity (Wildman–Crippen MR) is 93.9 cm³/mol. The molecule has 142 valence electrons. The largest absolute Gasteiger partial charge is 0.416 e. The van der Waals surface area contributed by atoms with Gasteiger partial charge in [0.2, 0.25) is 5.91 Å². The number of rotatable bonds is 4. The van der Waals surface area contributed by atoms with Crippen molar-refractivity contribution in [2.45, 2.75) is 56.0 Å². The van der Waals surface area contributed by atoms with Crippen LogP contribution in [0.3, 0.4) is 0 Å². The summed E-state index contributed by atoms with van der Waals surface area (Å²) in [6.07, 6.45) is 1.44. The molecule has 0 unspecified atom stereocenters. The molecule has 4 fully saturated rings. The van der Waals surface area contributed by atoms with E-state index in [2.05, 4.69) is 5.32 Å². The number of alkyl halides is 4. The van der Waals surface area contributed by atoms with E-state index in [1.165, 1.54) is 18.6 Å². The van der Waals surface area contributed by atoms with Crippen LogP contribution in [0.2, 0.25) is 0 Å². The fourth-order valence-corrected chi connectivity index (χ4v) is 6.62. The van der Waals surface area contributed by atoms with E-state index in [4.69, 9.17) is 11.6 Å². The first-order valence-corrected chi connectivity index (χ1v) is 9.69. The van der Waals surface area contributed by atoms with E-state index in [1.54, 1.807) is 6.07 Å². The molecule has 4 aliphatic carbocycles. The second-order valence-electron chi connectivity index (χ2n) is 8.55. The van der Waals surface area contributed by atoms with E-state index in [1.807, 2.05) is 0 Å². The zero-order chi connectivity index (χ0) is 18.6. The third-order valence-corrected chi connectivity index (χ3v) is 6.92. The molecule has 0 radical (unpaired) electrons. The predicted octanol–water partition coefficient (Wildman–Crippen LogP) is 4.94. The Morgan fingerprint density at radius 2 is 1.81 bits per heavy atom. The molecule has 0 aromatic heterocycles. The van der Waals surface area contributed by atoms with Gasteiger partial charge in [0.05, 0.1) is 11.0 Å².